The van der Waals surface area contributed by atoms with E-state index in [9.17, 15) is 8.42 Å². The van der Waals surface area contributed by atoms with Crippen LogP contribution in [-0.4, -0.2) is 55.2 Å². The normalized spacial score (nSPS) is 15.9. The van der Waals surface area contributed by atoms with E-state index in [2.05, 4.69) is 15.7 Å². The van der Waals surface area contributed by atoms with E-state index in [1.165, 1.54) is 0 Å². The molecule has 30 heavy (non-hydrogen) atoms. The topological polar surface area (TPSA) is 77.9 Å². The molecule has 2 aromatic rings. The van der Waals surface area contributed by atoms with Crippen LogP contribution in [0.2, 0.25) is 0 Å². The predicted molar refractivity (Wildman–Crippen MR) is 122 cm³/mol. The van der Waals surface area contributed by atoms with Gasteiger partial charge in [0, 0.05) is 32.1 Å². The zero-order valence-electron chi connectivity index (χ0n) is 18.0. The van der Waals surface area contributed by atoms with Gasteiger partial charge in [-0.25, -0.2) is 18.4 Å². The number of nitrogens with one attached hydrogen (secondary N) is 1. The van der Waals surface area contributed by atoms with Crippen LogP contribution in [0.1, 0.15) is 42.5 Å². The fourth-order valence-corrected chi connectivity index (χ4v) is 5.58. The first-order valence-electron chi connectivity index (χ1n) is 10.4. The molecule has 1 aliphatic rings. The molecule has 0 unspecified atom stereocenters. The minimum Gasteiger partial charge on any atom is -0.357 e. The van der Waals surface area contributed by atoms with E-state index in [1.807, 2.05) is 37.9 Å². The highest BCUT2D eigenvalue weighted by atomic mass is 32.2. The lowest BCUT2D eigenvalue weighted by Crippen LogP contribution is -2.38. The van der Waals surface area contributed by atoms with Crippen molar-refractivity contribution in [3.05, 3.63) is 45.9 Å². The average molecular weight is 450 g/mol. The van der Waals surface area contributed by atoms with Gasteiger partial charge in [0.25, 0.3) is 0 Å². The summed E-state index contributed by atoms with van der Waals surface area (Å²) in [5.41, 5.74) is 2.00. The van der Waals surface area contributed by atoms with Gasteiger partial charge in [-0.3, -0.25) is 0 Å². The van der Waals surface area contributed by atoms with Gasteiger partial charge in [0.05, 0.1) is 28.7 Å². The van der Waals surface area contributed by atoms with Crippen LogP contribution in [-0.2, 0) is 23.1 Å². The van der Waals surface area contributed by atoms with Crippen molar-refractivity contribution in [2.24, 2.45) is 4.99 Å². The number of rotatable bonds is 7. The second-order valence-corrected chi connectivity index (χ2v) is 10.5. The monoisotopic (exact) mass is 449 g/mol. The first-order valence-corrected chi connectivity index (χ1v) is 12.7. The van der Waals surface area contributed by atoms with Crippen LogP contribution in [0.25, 0.3) is 0 Å². The Morgan fingerprint density at radius 3 is 2.53 bits per heavy atom. The van der Waals surface area contributed by atoms with Crippen molar-refractivity contribution >= 4 is 27.3 Å². The lowest BCUT2D eigenvalue weighted by molar-refractivity contribution is 0.346. The van der Waals surface area contributed by atoms with Crippen molar-refractivity contribution in [3.63, 3.8) is 0 Å². The van der Waals surface area contributed by atoms with E-state index >= 15 is 0 Å². The zero-order valence-corrected chi connectivity index (χ0v) is 19.6. The first-order chi connectivity index (χ1) is 14.4. The number of thiazole rings is 1. The number of aliphatic imine (C=N–C) groups is 1. The minimum atomic E-state index is -3.39. The van der Waals surface area contributed by atoms with E-state index in [0.29, 0.717) is 31.1 Å². The van der Waals surface area contributed by atoms with Gasteiger partial charge in [-0.05, 0) is 44.4 Å². The number of nitrogens with zero attached hydrogens (tertiary/aromatic N) is 4. The van der Waals surface area contributed by atoms with Crippen molar-refractivity contribution in [2.45, 2.75) is 51.1 Å². The highest BCUT2D eigenvalue weighted by Crippen LogP contribution is 2.21. The highest BCUT2D eigenvalue weighted by Gasteiger charge is 2.25. The summed E-state index contributed by atoms with van der Waals surface area (Å²) in [7, 11) is -1.40. The molecule has 1 N–H and O–H groups in total. The highest BCUT2D eigenvalue weighted by molar-refractivity contribution is 7.89. The molecule has 0 aliphatic carbocycles. The van der Waals surface area contributed by atoms with Gasteiger partial charge in [0.1, 0.15) is 0 Å². The molecule has 2 heterocycles. The molecular weight excluding hydrogens is 418 g/mol. The Morgan fingerprint density at radius 2 is 1.93 bits per heavy atom. The molecular formula is C21H31N5O2S2. The Balaban J connectivity index is 1.66. The minimum absolute atomic E-state index is 0.361. The number of sulfonamides is 1. The summed E-state index contributed by atoms with van der Waals surface area (Å²) in [5, 5.41) is 6.43. The molecule has 7 nitrogen and oxygen atoms in total. The van der Waals surface area contributed by atoms with Crippen molar-refractivity contribution in [1.82, 2.24) is 19.5 Å². The molecule has 0 amide bonds. The lowest BCUT2D eigenvalue weighted by Gasteiger charge is -2.25. The van der Waals surface area contributed by atoms with Crippen LogP contribution in [0.5, 0.6) is 0 Å². The summed E-state index contributed by atoms with van der Waals surface area (Å²) in [6.07, 6.45) is 2.98. The Bertz CT molecular complexity index is 948. The number of aryl methyl sites for hydroxylation is 1. The van der Waals surface area contributed by atoms with E-state index in [1.54, 1.807) is 27.8 Å². The molecule has 0 bridgehead atoms. The molecule has 0 radical (unpaired) electrons. The maximum atomic E-state index is 12.8. The second kappa shape index (κ2) is 10.4. The van der Waals surface area contributed by atoms with Crippen molar-refractivity contribution in [3.8, 4) is 0 Å². The SMILES string of the molecule is CCNC(=NCc1ccc(S(=O)(=O)N2CCCCC2)cc1)N(C)Cc1csc(C)n1. The molecule has 164 valence electrons. The summed E-state index contributed by atoms with van der Waals surface area (Å²) >= 11 is 1.64. The smallest absolute Gasteiger partial charge is 0.243 e. The van der Waals surface area contributed by atoms with E-state index in [4.69, 9.17) is 4.99 Å². The van der Waals surface area contributed by atoms with Crippen LogP contribution in [0, 0.1) is 6.92 Å². The maximum absolute atomic E-state index is 12.8. The fraction of sp³-hybridized carbons (Fsp3) is 0.524. The second-order valence-electron chi connectivity index (χ2n) is 7.49. The molecule has 1 aliphatic heterocycles. The summed E-state index contributed by atoms with van der Waals surface area (Å²) in [4.78, 5) is 11.6. The summed E-state index contributed by atoms with van der Waals surface area (Å²) in [5.74, 6) is 0.799. The third-order valence-electron chi connectivity index (χ3n) is 5.05. The predicted octanol–water partition coefficient (Wildman–Crippen LogP) is 3.22. The van der Waals surface area contributed by atoms with E-state index in [0.717, 1.165) is 48.0 Å². The van der Waals surface area contributed by atoms with E-state index < -0.39 is 10.0 Å². The average Bonchev–Trinajstić information content (AvgIpc) is 3.16. The number of piperidine rings is 1. The van der Waals surface area contributed by atoms with Gasteiger partial charge in [0.15, 0.2) is 5.96 Å². The largest absolute Gasteiger partial charge is 0.357 e. The number of guanidine groups is 1. The van der Waals surface area contributed by atoms with Gasteiger partial charge in [-0.15, -0.1) is 11.3 Å². The summed E-state index contributed by atoms with van der Waals surface area (Å²) in [6.45, 7) is 7.21. The number of hydrogen-bond acceptors (Lipinski definition) is 5. The van der Waals surface area contributed by atoms with Crippen LogP contribution in [0.15, 0.2) is 39.5 Å². The van der Waals surface area contributed by atoms with Crippen LogP contribution in [0.3, 0.4) is 0 Å². The standard InChI is InChI=1S/C21H31N5O2S2/c1-4-22-21(25(3)15-19-16-29-17(2)24-19)23-14-18-8-10-20(11-9-18)30(27,28)26-12-6-5-7-13-26/h8-11,16H,4-7,12-15H2,1-3H3,(H,22,23). The van der Waals surface area contributed by atoms with Gasteiger partial charge in [-0.2, -0.15) is 4.31 Å². The number of hydrogen-bond donors (Lipinski definition) is 1. The van der Waals surface area contributed by atoms with Crippen LogP contribution < -0.4 is 5.32 Å². The van der Waals surface area contributed by atoms with Crippen molar-refractivity contribution in [2.75, 3.05) is 26.7 Å². The van der Waals surface area contributed by atoms with Crippen LogP contribution >= 0.6 is 11.3 Å². The van der Waals surface area contributed by atoms with Gasteiger partial charge in [0.2, 0.25) is 10.0 Å². The quantitative estimate of drug-likeness (QED) is 0.519. The van der Waals surface area contributed by atoms with Gasteiger partial charge < -0.3 is 10.2 Å². The molecule has 0 atom stereocenters. The van der Waals surface area contributed by atoms with Gasteiger partial charge >= 0.3 is 0 Å². The Hall–Kier alpha value is -1.97. The Morgan fingerprint density at radius 1 is 1.23 bits per heavy atom. The molecule has 1 aromatic carbocycles. The Kier molecular flexibility index (Phi) is 7.85. The van der Waals surface area contributed by atoms with Gasteiger partial charge in [-0.1, -0.05) is 18.6 Å². The van der Waals surface area contributed by atoms with E-state index in [-0.39, 0.29) is 0 Å². The third kappa shape index (κ3) is 5.80. The molecule has 1 saturated heterocycles. The van der Waals surface area contributed by atoms with Crippen molar-refractivity contribution in [1.29, 1.82) is 0 Å². The molecule has 1 fully saturated rings. The molecule has 9 heteroatoms. The number of aromatic nitrogens is 1. The summed E-state index contributed by atoms with van der Waals surface area (Å²) in [6, 6.07) is 7.11. The summed E-state index contributed by atoms with van der Waals surface area (Å²) < 4.78 is 27.2. The number of benzene rings is 1. The molecule has 3 rings (SSSR count). The zero-order chi connectivity index (χ0) is 21.6. The maximum Gasteiger partial charge on any atom is 0.243 e. The van der Waals surface area contributed by atoms with Crippen molar-refractivity contribution < 1.29 is 8.42 Å². The molecule has 0 spiro atoms. The fourth-order valence-electron chi connectivity index (χ4n) is 3.46. The molecule has 1 aromatic heterocycles. The molecule has 0 saturated carbocycles. The Labute approximate surface area is 183 Å². The van der Waals surface area contributed by atoms with Crippen LogP contribution in [0.4, 0.5) is 0 Å². The third-order valence-corrected chi connectivity index (χ3v) is 7.78. The first kappa shape index (κ1) is 22.7. The lowest BCUT2D eigenvalue weighted by atomic mass is 10.2.